The van der Waals surface area contributed by atoms with Crippen LogP contribution in [0.3, 0.4) is 0 Å². The number of amides is 1. The number of imidazole rings is 1. The quantitative estimate of drug-likeness (QED) is 0.432. The maximum absolute atomic E-state index is 11.1. The van der Waals surface area contributed by atoms with Gasteiger partial charge in [0, 0.05) is 43.2 Å². The molecule has 0 aliphatic rings. The lowest BCUT2D eigenvalue weighted by molar-refractivity contribution is -0.114. The van der Waals surface area contributed by atoms with E-state index in [9.17, 15) is 4.79 Å². The van der Waals surface area contributed by atoms with Gasteiger partial charge >= 0.3 is 0 Å². The second-order valence-corrected chi connectivity index (χ2v) is 7.84. The normalized spacial score (nSPS) is 11.9. The molecule has 1 amide bonds. The molecule has 1 atom stereocenters. The van der Waals surface area contributed by atoms with Crippen molar-refractivity contribution in [2.45, 2.75) is 45.3 Å². The highest BCUT2D eigenvalue weighted by atomic mass is 35.5. The SMILES string of the molecule is CC(=O)Nc1ccc(CCCOC(CCc2ccc(Cl)cc2)Cn2ccnc2)cc1. The third-order valence-electron chi connectivity index (χ3n) is 4.88. The van der Waals surface area contributed by atoms with E-state index in [2.05, 4.69) is 39.1 Å². The summed E-state index contributed by atoms with van der Waals surface area (Å²) in [4.78, 5) is 15.2. The topological polar surface area (TPSA) is 56.1 Å². The summed E-state index contributed by atoms with van der Waals surface area (Å²) in [6.45, 7) is 3.00. The van der Waals surface area contributed by atoms with Crippen LogP contribution in [0.15, 0.2) is 67.3 Å². The second kappa shape index (κ2) is 11.5. The fraction of sp³-hybridized carbons (Fsp3) is 0.333. The van der Waals surface area contributed by atoms with E-state index in [0.29, 0.717) is 6.61 Å². The standard InChI is InChI=1S/C24H28ClN3O2/c1-19(29)27-23-11-6-20(7-12-23)3-2-16-30-24(17-28-15-14-26-18-28)13-8-21-4-9-22(25)10-5-21/h4-7,9-12,14-15,18,24H,2-3,8,13,16-17H2,1H3,(H,27,29). The Balaban J connectivity index is 1.46. The van der Waals surface area contributed by atoms with Gasteiger partial charge in [-0.25, -0.2) is 4.98 Å². The van der Waals surface area contributed by atoms with Crippen LogP contribution in [0.2, 0.25) is 5.02 Å². The van der Waals surface area contributed by atoms with E-state index < -0.39 is 0 Å². The summed E-state index contributed by atoms with van der Waals surface area (Å²) in [6, 6.07) is 16.0. The van der Waals surface area contributed by atoms with Crippen LogP contribution in [-0.4, -0.2) is 28.2 Å². The van der Waals surface area contributed by atoms with Crippen molar-refractivity contribution < 1.29 is 9.53 Å². The first-order valence-electron chi connectivity index (χ1n) is 10.3. The van der Waals surface area contributed by atoms with E-state index in [1.165, 1.54) is 18.1 Å². The van der Waals surface area contributed by atoms with E-state index >= 15 is 0 Å². The van der Waals surface area contributed by atoms with Crippen molar-refractivity contribution in [2.75, 3.05) is 11.9 Å². The monoisotopic (exact) mass is 425 g/mol. The number of rotatable bonds is 11. The third-order valence-corrected chi connectivity index (χ3v) is 5.13. The van der Waals surface area contributed by atoms with Gasteiger partial charge in [-0.15, -0.1) is 0 Å². The average Bonchev–Trinajstić information content (AvgIpc) is 3.24. The smallest absolute Gasteiger partial charge is 0.221 e. The van der Waals surface area contributed by atoms with Crippen LogP contribution in [0, 0.1) is 0 Å². The molecule has 2 aromatic carbocycles. The number of aryl methyl sites for hydroxylation is 2. The Morgan fingerprint density at radius 3 is 2.47 bits per heavy atom. The first-order chi connectivity index (χ1) is 14.6. The Hall–Kier alpha value is -2.63. The summed E-state index contributed by atoms with van der Waals surface area (Å²) in [7, 11) is 0. The van der Waals surface area contributed by atoms with Gasteiger partial charge in [-0.1, -0.05) is 35.9 Å². The van der Waals surface area contributed by atoms with Crippen molar-refractivity contribution in [1.29, 1.82) is 0 Å². The molecular weight excluding hydrogens is 398 g/mol. The molecule has 0 spiro atoms. The number of hydrogen-bond acceptors (Lipinski definition) is 3. The molecule has 30 heavy (non-hydrogen) atoms. The van der Waals surface area contributed by atoms with E-state index in [0.717, 1.165) is 42.9 Å². The molecule has 0 fully saturated rings. The molecule has 6 heteroatoms. The maximum Gasteiger partial charge on any atom is 0.221 e. The minimum atomic E-state index is -0.0568. The van der Waals surface area contributed by atoms with Gasteiger partial charge in [-0.05, 0) is 61.1 Å². The Labute approximate surface area is 183 Å². The van der Waals surface area contributed by atoms with E-state index in [-0.39, 0.29) is 12.0 Å². The van der Waals surface area contributed by atoms with Crippen molar-refractivity contribution in [3.05, 3.63) is 83.4 Å². The zero-order valence-electron chi connectivity index (χ0n) is 17.3. The summed E-state index contributed by atoms with van der Waals surface area (Å²) >= 11 is 5.98. The van der Waals surface area contributed by atoms with Crippen molar-refractivity contribution >= 4 is 23.2 Å². The van der Waals surface area contributed by atoms with Crippen molar-refractivity contribution in [3.63, 3.8) is 0 Å². The van der Waals surface area contributed by atoms with Crippen LogP contribution in [0.4, 0.5) is 5.69 Å². The number of carbonyl (C=O) groups excluding carboxylic acids is 1. The molecule has 1 heterocycles. The molecular formula is C24H28ClN3O2. The number of hydrogen-bond donors (Lipinski definition) is 1. The lowest BCUT2D eigenvalue weighted by Gasteiger charge is -2.19. The minimum absolute atomic E-state index is 0.0568. The molecule has 0 radical (unpaired) electrons. The minimum Gasteiger partial charge on any atom is -0.376 e. The molecule has 0 bridgehead atoms. The van der Waals surface area contributed by atoms with Crippen LogP contribution in [0.5, 0.6) is 0 Å². The van der Waals surface area contributed by atoms with Gasteiger partial charge in [0.25, 0.3) is 0 Å². The predicted molar refractivity (Wildman–Crippen MR) is 121 cm³/mol. The molecule has 3 aromatic rings. The number of benzene rings is 2. The predicted octanol–water partition coefficient (Wildman–Crippen LogP) is 5.15. The number of halogens is 1. The Morgan fingerprint density at radius 2 is 1.80 bits per heavy atom. The molecule has 3 rings (SSSR count). The zero-order chi connectivity index (χ0) is 21.2. The van der Waals surface area contributed by atoms with Gasteiger partial charge in [0.05, 0.1) is 12.4 Å². The Bertz CT molecular complexity index is 893. The van der Waals surface area contributed by atoms with Crippen LogP contribution >= 0.6 is 11.6 Å². The van der Waals surface area contributed by atoms with E-state index in [4.69, 9.17) is 16.3 Å². The number of aromatic nitrogens is 2. The first-order valence-corrected chi connectivity index (χ1v) is 10.6. The molecule has 1 aromatic heterocycles. The van der Waals surface area contributed by atoms with E-state index in [1.807, 2.05) is 36.8 Å². The number of nitrogens with zero attached hydrogens (tertiary/aromatic N) is 2. The van der Waals surface area contributed by atoms with Gasteiger partial charge in [0.2, 0.25) is 5.91 Å². The molecule has 1 N–H and O–H groups in total. The van der Waals surface area contributed by atoms with Gasteiger partial charge in [-0.2, -0.15) is 0 Å². The Morgan fingerprint density at radius 1 is 1.10 bits per heavy atom. The average molecular weight is 426 g/mol. The molecule has 0 aliphatic carbocycles. The Kier molecular flexibility index (Phi) is 8.48. The summed E-state index contributed by atoms with van der Waals surface area (Å²) in [5.41, 5.74) is 3.32. The highest BCUT2D eigenvalue weighted by molar-refractivity contribution is 6.30. The first kappa shape index (κ1) is 22.1. The molecule has 0 aliphatic heterocycles. The summed E-state index contributed by atoms with van der Waals surface area (Å²) in [6.07, 6.45) is 9.48. The van der Waals surface area contributed by atoms with Gasteiger partial charge in [-0.3, -0.25) is 4.79 Å². The van der Waals surface area contributed by atoms with Crippen LogP contribution < -0.4 is 5.32 Å². The maximum atomic E-state index is 11.1. The van der Waals surface area contributed by atoms with Crippen LogP contribution in [0.1, 0.15) is 30.9 Å². The van der Waals surface area contributed by atoms with Crippen LogP contribution in [-0.2, 0) is 28.9 Å². The van der Waals surface area contributed by atoms with Gasteiger partial charge < -0.3 is 14.6 Å². The molecule has 5 nitrogen and oxygen atoms in total. The molecule has 0 saturated heterocycles. The highest BCUT2D eigenvalue weighted by Crippen LogP contribution is 2.15. The number of carbonyl (C=O) groups is 1. The summed E-state index contributed by atoms with van der Waals surface area (Å²) in [5.74, 6) is -0.0568. The fourth-order valence-electron chi connectivity index (χ4n) is 3.32. The van der Waals surface area contributed by atoms with Crippen molar-refractivity contribution in [2.24, 2.45) is 0 Å². The molecule has 1 unspecified atom stereocenters. The van der Waals surface area contributed by atoms with Gasteiger partial charge in [0.1, 0.15) is 0 Å². The van der Waals surface area contributed by atoms with Gasteiger partial charge in [0.15, 0.2) is 0 Å². The lowest BCUT2D eigenvalue weighted by Crippen LogP contribution is -2.21. The molecule has 158 valence electrons. The zero-order valence-corrected chi connectivity index (χ0v) is 18.0. The van der Waals surface area contributed by atoms with E-state index in [1.54, 1.807) is 6.20 Å². The van der Waals surface area contributed by atoms with Crippen LogP contribution in [0.25, 0.3) is 0 Å². The van der Waals surface area contributed by atoms with Crippen molar-refractivity contribution in [1.82, 2.24) is 9.55 Å². The number of nitrogens with one attached hydrogen (secondary N) is 1. The lowest BCUT2D eigenvalue weighted by atomic mass is 10.1. The third kappa shape index (κ3) is 7.65. The second-order valence-electron chi connectivity index (χ2n) is 7.40. The number of ether oxygens (including phenoxy) is 1. The van der Waals surface area contributed by atoms with Crippen molar-refractivity contribution in [3.8, 4) is 0 Å². The largest absolute Gasteiger partial charge is 0.376 e. The summed E-state index contributed by atoms with van der Waals surface area (Å²) in [5, 5.41) is 3.55. The highest BCUT2D eigenvalue weighted by Gasteiger charge is 2.11. The number of anilines is 1. The summed E-state index contributed by atoms with van der Waals surface area (Å²) < 4.78 is 8.29. The fourth-order valence-corrected chi connectivity index (χ4v) is 3.45. The molecule has 0 saturated carbocycles.